The lowest BCUT2D eigenvalue weighted by Crippen LogP contribution is -2.31. The van der Waals surface area contributed by atoms with E-state index in [0.717, 1.165) is 6.54 Å². The van der Waals surface area contributed by atoms with Gasteiger partial charge in [-0.25, -0.2) is 4.79 Å². The molecule has 0 aliphatic rings. The molecule has 0 radical (unpaired) electrons. The summed E-state index contributed by atoms with van der Waals surface area (Å²) in [7, 11) is 2.00. The van der Waals surface area contributed by atoms with E-state index >= 15 is 0 Å². The van der Waals surface area contributed by atoms with Crippen molar-refractivity contribution in [2.75, 3.05) is 20.2 Å². The molecule has 0 aliphatic carbocycles. The summed E-state index contributed by atoms with van der Waals surface area (Å²) < 4.78 is 10.8. The number of esters is 1. The van der Waals surface area contributed by atoms with Crippen molar-refractivity contribution >= 4 is 17.6 Å². The molecule has 0 aromatic heterocycles. The van der Waals surface area contributed by atoms with Crippen LogP contribution in [0.2, 0.25) is 5.02 Å². The highest BCUT2D eigenvalue weighted by Gasteiger charge is 2.13. The third-order valence-electron chi connectivity index (χ3n) is 3.37. The molecule has 0 amide bonds. The maximum Gasteiger partial charge on any atom is 0.344 e. The molecule has 1 atom stereocenters. The van der Waals surface area contributed by atoms with Gasteiger partial charge in [-0.05, 0) is 43.8 Å². The number of carbonyl (C=O) groups excluding carboxylic acids is 1. The molecule has 4 nitrogen and oxygen atoms in total. The fourth-order valence-electron chi connectivity index (χ4n) is 2.37. The molecule has 24 heavy (non-hydrogen) atoms. The quantitative estimate of drug-likeness (QED) is 0.681. The number of ether oxygens (including phenoxy) is 2. The van der Waals surface area contributed by atoms with E-state index < -0.39 is 0 Å². The van der Waals surface area contributed by atoms with Crippen molar-refractivity contribution in [1.82, 2.24) is 4.90 Å². The lowest BCUT2D eigenvalue weighted by Gasteiger charge is -2.21. The molecule has 0 N–H and O–H groups in total. The summed E-state index contributed by atoms with van der Waals surface area (Å²) in [5.74, 6) is 0.204. The minimum absolute atomic E-state index is 0.117. The van der Waals surface area contributed by atoms with Crippen LogP contribution >= 0.6 is 11.6 Å². The molecule has 0 spiro atoms. The van der Waals surface area contributed by atoms with Crippen LogP contribution in [0.25, 0.3) is 0 Å². The summed E-state index contributed by atoms with van der Waals surface area (Å²) in [6, 6.07) is 17.0. The van der Waals surface area contributed by atoms with Gasteiger partial charge < -0.3 is 9.47 Å². The lowest BCUT2D eigenvalue weighted by atomic mass is 10.2. The standard InChI is InChI=1S/C19H22ClNO3/c1-15(12-21(2)13-16-6-4-3-5-7-16)24-19(22)14-23-18-10-8-17(20)9-11-18/h3-11,15H,12-14H2,1-2H3/t15-/m1/s1. The molecule has 0 aliphatic heterocycles. The molecule has 2 rings (SSSR count). The normalized spacial score (nSPS) is 12.0. The van der Waals surface area contributed by atoms with E-state index in [2.05, 4.69) is 17.0 Å². The topological polar surface area (TPSA) is 38.8 Å². The van der Waals surface area contributed by atoms with Crippen LogP contribution in [0.4, 0.5) is 0 Å². The Labute approximate surface area is 147 Å². The molecule has 128 valence electrons. The van der Waals surface area contributed by atoms with Gasteiger partial charge in [0.05, 0.1) is 0 Å². The second-order valence-corrected chi connectivity index (χ2v) is 6.16. The van der Waals surface area contributed by atoms with Crippen LogP contribution in [0.3, 0.4) is 0 Å². The van der Waals surface area contributed by atoms with Gasteiger partial charge in [-0.3, -0.25) is 4.90 Å². The summed E-state index contributed by atoms with van der Waals surface area (Å²) >= 11 is 5.80. The van der Waals surface area contributed by atoms with Crippen LogP contribution in [-0.4, -0.2) is 37.2 Å². The molecule has 2 aromatic carbocycles. The van der Waals surface area contributed by atoms with Gasteiger partial charge in [-0.2, -0.15) is 0 Å². The first-order valence-corrected chi connectivity index (χ1v) is 8.21. The molecule has 0 unspecified atom stereocenters. The summed E-state index contributed by atoms with van der Waals surface area (Å²) in [6.45, 7) is 3.22. The maximum absolute atomic E-state index is 11.8. The van der Waals surface area contributed by atoms with Crippen LogP contribution in [-0.2, 0) is 16.1 Å². The second kappa shape index (κ2) is 9.30. The predicted molar refractivity (Wildman–Crippen MR) is 95.3 cm³/mol. The highest BCUT2D eigenvalue weighted by molar-refractivity contribution is 6.30. The van der Waals surface area contributed by atoms with Crippen LogP contribution in [0.15, 0.2) is 54.6 Å². The van der Waals surface area contributed by atoms with Gasteiger partial charge in [0.1, 0.15) is 11.9 Å². The van der Waals surface area contributed by atoms with Gasteiger partial charge in [0, 0.05) is 18.1 Å². The Hall–Kier alpha value is -2.04. The first kappa shape index (κ1) is 18.3. The predicted octanol–water partition coefficient (Wildman–Crippen LogP) is 3.78. The number of benzene rings is 2. The van der Waals surface area contributed by atoms with Crippen LogP contribution in [0, 0.1) is 0 Å². The largest absolute Gasteiger partial charge is 0.482 e. The van der Waals surface area contributed by atoms with Gasteiger partial charge in [0.25, 0.3) is 0 Å². The molecule has 0 saturated carbocycles. The van der Waals surface area contributed by atoms with E-state index in [1.54, 1.807) is 24.3 Å². The monoisotopic (exact) mass is 347 g/mol. The average molecular weight is 348 g/mol. The van der Waals surface area contributed by atoms with E-state index in [1.807, 2.05) is 32.2 Å². The van der Waals surface area contributed by atoms with E-state index in [-0.39, 0.29) is 18.7 Å². The molecule has 5 heteroatoms. The number of likely N-dealkylation sites (N-methyl/N-ethyl adjacent to an activating group) is 1. The zero-order valence-electron chi connectivity index (χ0n) is 13.9. The second-order valence-electron chi connectivity index (χ2n) is 5.73. The minimum Gasteiger partial charge on any atom is -0.482 e. The summed E-state index contributed by atoms with van der Waals surface area (Å²) in [5.41, 5.74) is 1.23. The van der Waals surface area contributed by atoms with Crippen molar-refractivity contribution in [3.63, 3.8) is 0 Å². The Morgan fingerprint density at radius 1 is 1.12 bits per heavy atom. The highest BCUT2D eigenvalue weighted by Crippen LogP contribution is 2.15. The number of hydrogen-bond donors (Lipinski definition) is 0. The van der Waals surface area contributed by atoms with E-state index in [1.165, 1.54) is 5.56 Å². The Morgan fingerprint density at radius 3 is 2.46 bits per heavy atom. The van der Waals surface area contributed by atoms with E-state index in [4.69, 9.17) is 21.1 Å². The van der Waals surface area contributed by atoms with Gasteiger partial charge >= 0.3 is 5.97 Å². The summed E-state index contributed by atoms with van der Waals surface area (Å²) in [5, 5.41) is 0.625. The van der Waals surface area contributed by atoms with Gasteiger partial charge in [-0.1, -0.05) is 41.9 Å². The van der Waals surface area contributed by atoms with Gasteiger partial charge in [0.2, 0.25) is 0 Å². The molecule has 2 aromatic rings. The van der Waals surface area contributed by atoms with Crippen LogP contribution in [0.1, 0.15) is 12.5 Å². The molecule has 0 saturated heterocycles. The Bertz CT molecular complexity index is 631. The summed E-state index contributed by atoms with van der Waals surface area (Å²) in [6.07, 6.45) is -0.208. The van der Waals surface area contributed by atoms with Crippen molar-refractivity contribution in [3.05, 3.63) is 65.2 Å². The first-order valence-electron chi connectivity index (χ1n) is 7.83. The zero-order chi connectivity index (χ0) is 17.4. The van der Waals surface area contributed by atoms with Gasteiger partial charge in [-0.15, -0.1) is 0 Å². The maximum atomic E-state index is 11.8. The number of rotatable bonds is 8. The summed E-state index contributed by atoms with van der Waals surface area (Å²) in [4.78, 5) is 14.0. The minimum atomic E-state index is -0.384. The number of carbonyl (C=O) groups is 1. The third kappa shape index (κ3) is 6.60. The molecular weight excluding hydrogens is 326 g/mol. The van der Waals surface area contributed by atoms with Crippen molar-refractivity contribution in [2.24, 2.45) is 0 Å². The lowest BCUT2D eigenvalue weighted by molar-refractivity contribution is -0.151. The Morgan fingerprint density at radius 2 is 1.79 bits per heavy atom. The number of halogens is 1. The molecule has 0 bridgehead atoms. The molecular formula is C19H22ClNO3. The number of nitrogens with zero attached hydrogens (tertiary/aromatic N) is 1. The van der Waals surface area contributed by atoms with Crippen molar-refractivity contribution < 1.29 is 14.3 Å². The zero-order valence-corrected chi connectivity index (χ0v) is 14.7. The highest BCUT2D eigenvalue weighted by atomic mass is 35.5. The van der Waals surface area contributed by atoms with E-state index in [9.17, 15) is 4.79 Å². The van der Waals surface area contributed by atoms with Crippen molar-refractivity contribution in [1.29, 1.82) is 0 Å². The third-order valence-corrected chi connectivity index (χ3v) is 3.62. The Kier molecular flexibility index (Phi) is 7.09. The van der Waals surface area contributed by atoms with Crippen molar-refractivity contribution in [3.8, 4) is 5.75 Å². The SMILES string of the molecule is C[C@H](CN(C)Cc1ccccc1)OC(=O)COc1ccc(Cl)cc1. The molecule has 0 heterocycles. The van der Waals surface area contributed by atoms with Crippen LogP contribution < -0.4 is 4.74 Å². The van der Waals surface area contributed by atoms with Gasteiger partial charge in [0.15, 0.2) is 6.61 Å². The van der Waals surface area contributed by atoms with E-state index in [0.29, 0.717) is 17.3 Å². The van der Waals surface area contributed by atoms with Crippen LogP contribution in [0.5, 0.6) is 5.75 Å². The average Bonchev–Trinajstić information content (AvgIpc) is 2.55. The molecule has 0 fully saturated rings. The first-order chi connectivity index (χ1) is 11.5. The number of hydrogen-bond acceptors (Lipinski definition) is 4. The smallest absolute Gasteiger partial charge is 0.344 e. The van der Waals surface area contributed by atoms with Crippen molar-refractivity contribution in [2.45, 2.75) is 19.6 Å². The Balaban J connectivity index is 1.70. The fourth-order valence-corrected chi connectivity index (χ4v) is 2.49. The fraction of sp³-hybridized carbons (Fsp3) is 0.316.